The first-order valence-electron chi connectivity index (χ1n) is 10.6. The maximum Gasteiger partial charge on any atom is 0.501 e. The highest BCUT2D eigenvalue weighted by Gasteiger charge is 2.55. The van der Waals surface area contributed by atoms with Gasteiger partial charge in [-0.3, -0.25) is 14.7 Å². The van der Waals surface area contributed by atoms with Crippen LogP contribution in [-0.4, -0.2) is 85.6 Å². The summed E-state index contributed by atoms with van der Waals surface area (Å²) in [7, 11) is 1.44. The Hall–Kier alpha value is -2.50. The summed E-state index contributed by atoms with van der Waals surface area (Å²) in [5.41, 5.74) is 2.95. The predicted molar refractivity (Wildman–Crippen MR) is 117 cm³/mol. The van der Waals surface area contributed by atoms with Gasteiger partial charge in [-0.15, -0.1) is 0 Å². The third-order valence-corrected chi connectivity index (χ3v) is 7.12. The first-order chi connectivity index (χ1) is 15.1. The van der Waals surface area contributed by atoms with Crippen molar-refractivity contribution in [1.82, 2.24) is 20.2 Å². The highest BCUT2D eigenvalue weighted by atomic mass is 32.2. The number of amides is 4. The number of nitrogens with one attached hydrogen (secondary N) is 1. The Balaban J connectivity index is 1.84. The van der Waals surface area contributed by atoms with E-state index in [2.05, 4.69) is 10.2 Å². The second-order valence-corrected chi connectivity index (χ2v) is 9.91. The quantitative estimate of drug-likeness (QED) is 0.626. The standard InChI is InChI=1S/C21H28N5O5S/c1-10(2)7-25-20-17(18(28)24(5)21(25)30)16(19(29)26-8-13(27)9-31-26)15(32-20)6-14-11(3)22-23-12(14)4/h10,13,17,27H,6-9H2,1-5H3,(H,22,23)/q+1. The van der Waals surface area contributed by atoms with Crippen molar-refractivity contribution in [2.24, 2.45) is 11.8 Å². The first-order valence-corrected chi connectivity index (χ1v) is 11.4. The van der Waals surface area contributed by atoms with Crippen molar-refractivity contribution in [3.05, 3.63) is 27.4 Å². The number of allylic oxidation sites excluding steroid dienone is 1. The summed E-state index contributed by atoms with van der Waals surface area (Å²) in [5, 5.41) is 18.7. The number of hydrogen-bond acceptors (Lipinski definition) is 7. The molecule has 4 rings (SSSR count). The Morgan fingerprint density at radius 2 is 2.09 bits per heavy atom. The molecule has 11 heteroatoms. The number of aliphatic hydroxyl groups is 1. The molecule has 0 aromatic carbocycles. The van der Waals surface area contributed by atoms with Crippen molar-refractivity contribution < 1.29 is 28.9 Å². The molecule has 0 aliphatic carbocycles. The molecule has 1 aromatic rings. The number of H-pyrrole nitrogens is 1. The van der Waals surface area contributed by atoms with Crippen LogP contribution in [0.5, 0.6) is 0 Å². The first kappa shape index (κ1) is 22.7. The molecule has 2 N–H and O–H groups in total. The van der Waals surface area contributed by atoms with Gasteiger partial charge in [-0.25, -0.2) is 9.86 Å². The average molecular weight is 463 g/mol. The topological polar surface area (TPSA) is 119 Å². The van der Waals surface area contributed by atoms with Crippen LogP contribution in [0.15, 0.2) is 10.5 Å². The molecule has 1 aromatic heterocycles. The molecule has 172 valence electrons. The summed E-state index contributed by atoms with van der Waals surface area (Å²) in [4.78, 5) is 46.9. The van der Waals surface area contributed by atoms with Gasteiger partial charge >= 0.3 is 11.9 Å². The smallest absolute Gasteiger partial charge is 0.389 e. The zero-order chi connectivity index (χ0) is 23.3. The van der Waals surface area contributed by atoms with Crippen LogP contribution in [0.3, 0.4) is 0 Å². The lowest BCUT2D eigenvalue weighted by Gasteiger charge is -2.25. The van der Waals surface area contributed by atoms with E-state index < -0.39 is 23.8 Å². The van der Waals surface area contributed by atoms with Crippen LogP contribution in [0.2, 0.25) is 0 Å². The number of hydrogen-bond donors (Lipinski definition) is 2. The van der Waals surface area contributed by atoms with Gasteiger partial charge in [0.2, 0.25) is 0 Å². The van der Waals surface area contributed by atoms with Gasteiger partial charge in [-0.05, 0) is 19.8 Å². The van der Waals surface area contributed by atoms with Crippen molar-refractivity contribution in [3.8, 4) is 0 Å². The number of urea groups is 1. The van der Waals surface area contributed by atoms with Crippen molar-refractivity contribution in [1.29, 1.82) is 0 Å². The Morgan fingerprint density at radius 3 is 2.66 bits per heavy atom. The highest BCUT2D eigenvalue weighted by Crippen LogP contribution is 2.44. The Bertz CT molecular complexity index is 1040. The van der Waals surface area contributed by atoms with Crippen LogP contribution < -0.4 is 0 Å². The highest BCUT2D eigenvalue weighted by molar-refractivity contribution is 8.17. The van der Waals surface area contributed by atoms with Gasteiger partial charge in [0, 0.05) is 22.6 Å². The molecule has 0 spiro atoms. The number of carbonyl (C=O) groups is 3. The Morgan fingerprint density at radius 1 is 1.38 bits per heavy atom. The van der Waals surface area contributed by atoms with Gasteiger partial charge in [0.1, 0.15) is 12.7 Å². The van der Waals surface area contributed by atoms with E-state index in [0.717, 1.165) is 26.9 Å². The van der Waals surface area contributed by atoms with Crippen LogP contribution in [0.25, 0.3) is 0 Å². The number of aromatic amines is 1. The molecule has 32 heavy (non-hydrogen) atoms. The van der Waals surface area contributed by atoms with Crippen LogP contribution in [0.1, 0.15) is 30.8 Å². The lowest BCUT2D eigenvalue weighted by molar-refractivity contribution is -0.444. The fourth-order valence-corrected chi connectivity index (χ4v) is 5.56. The number of β-amino-alcohol motifs (C(OH)–C–C–N with tert-alkyl or cyclic N) is 1. The average Bonchev–Trinajstić information content (AvgIpc) is 3.42. The van der Waals surface area contributed by atoms with E-state index in [1.807, 2.05) is 27.7 Å². The minimum Gasteiger partial charge on any atom is -0.389 e. The number of hydroxylamine groups is 2. The second kappa shape index (κ2) is 8.45. The van der Waals surface area contributed by atoms with E-state index in [1.54, 1.807) is 4.58 Å². The molecule has 0 saturated carbocycles. The fraction of sp³-hybridized carbons (Fsp3) is 0.571. The summed E-state index contributed by atoms with van der Waals surface area (Å²) >= 11 is 1.31. The molecule has 3 aliphatic rings. The van der Waals surface area contributed by atoms with E-state index in [9.17, 15) is 19.5 Å². The summed E-state index contributed by atoms with van der Waals surface area (Å²) < 4.78 is 1.61. The zero-order valence-corrected chi connectivity index (χ0v) is 19.7. The van der Waals surface area contributed by atoms with Crippen molar-refractivity contribution in [2.75, 3.05) is 26.7 Å². The third kappa shape index (κ3) is 3.78. The van der Waals surface area contributed by atoms with Gasteiger partial charge < -0.3 is 5.11 Å². The number of aromatic nitrogens is 2. The summed E-state index contributed by atoms with van der Waals surface area (Å²) in [6, 6.07) is -0.390. The van der Waals surface area contributed by atoms with Crippen LogP contribution in [0, 0.1) is 25.7 Å². The molecule has 1 fully saturated rings. The SMILES string of the molecule is Cc1n[nH]c(C)c1CC1=C(C(=O)N2CC(O)CO2)C2C(=O)N(C)C(=O)[N+](CC(C)C)=C2S1. The number of nitrogens with zero attached hydrogens (tertiary/aromatic N) is 4. The number of thioether (sulfide) groups is 1. The van der Waals surface area contributed by atoms with Gasteiger partial charge in [-0.2, -0.15) is 19.4 Å². The Labute approximate surface area is 190 Å². The lowest BCUT2D eigenvalue weighted by Crippen LogP contribution is -2.53. The molecule has 4 heterocycles. The van der Waals surface area contributed by atoms with Crippen molar-refractivity contribution in [2.45, 2.75) is 40.2 Å². The zero-order valence-electron chi connectivity index (χ0n) is 18.8. The maximum absolute atomic E-state index is 13.5. The van der Waals surface area contributed by atoms with Gasteiger partial charge in [0.25, 0.3) is 5.91 Å². The molecule has 0 radical (unpaired) electrons. The number of rotatable bonds is 5. The second-order valence-electron chi connectivity index (χ2n) is 8.80. The number of imide groups is 1. The summed E-state index contributed by atoms with van der Waals surface area (Å²) in [6.07, 6.45) is -0.376. The minimum absolute atomic E-state index is 0.0223. The van der Waals surface area contributed by atoms with E-state index in [1.165, 1.54) is 18.8 Å². The molecule has 1 saturated heterocycles. The van der Waals surface area contributed by atoms with Gasteiger partial charge in [0.05, 0.1) is 31.4 Å². The normalized spacial score (nSPS) is 23.8. The number of fused-ring (bicyclic) bond motifs is 1. The predicted octanol–water partition coefficient (Wildman–Crippen LogP) is 0.980. The van der Waals surface area contributed by atoms with E-state index >= 15 is 0 Å². The van der Waals surface area contributed by atoms with Crippen LogP contribution in [0.4, 0.5) is 4.79 Å². The van der Waals surface area contributed by atoms with E-state index in [0.29, 0.717) is 28.5 Å². The Kier molecular flexibility index (Phi) is 5.99. The van der Waals surface area contributed by atoms with E-state index in [4.69, 9.17) is 4.84 Å². The molecule has 2 unspecified atom stereocenters. The monoisotopic (exact) mass is 462 g/mol. The maximum atomic E-state index is 13.5. The fourth-order valence-electron chi connectivity index (χ4n) is 4.18. The van der Waals surface area contributed by atoms with Crippen LogP contribution in [-0.2, 0) is 20.8 Å². The molecule has 0 bridgehead atoms. The van der Waals surface area contributed by atoms with Gasteiger partial charge in [-0.1, -0.05) is 25.6 Å². The largest absolute Gasteiger partial charge is 0.501 e. The molecule has 3 aliphatic heterocycles. The third-order valence-electron chi connectivity index (χ3n) is 5.85. The molecule has 2 atom stereocenters. The molecular formula is C21H28N5O5S+. The molecule has 4 amide bonds. The number of aliphatic hydroxyl groups excluding tert-OH is 1. The van der Waals surface area contributed by atoms with Crippen molar-refractivity contribution in [3.63, 3.8) is 0 Å². The molecular weight excluding hydrogens is 434 g/mol. The van der Waals surface area contributed by atoms with Gasteiger partial charge in [0.15, 0.2) is 11.0 Å². The lowest BCUT2D eigenvalue weighted by atomic mass is 9.93. The van der Waals surface area contributed by atoms with E-state index in [-0.39, 0.29) is 25.1 Å². The van der Waals surface area contributed by atoms with Crippen molar-refractivity contribution >= 4 is 34.7 Å². The summed E-state index contributed by atoms with van der Waals surface area (Å²) in [6.45, 7) is 8.28. The number of carbonyl (C=O) groups excluding carboxylic acids is 3. The summed E-state index contributed by atoms with van der Waals surface area (Å²) in [5.74, 6) is -1.59. The van der Waals surface area contributed by atoms with Crippen LogP contribution >= 0.6 is 11.8 Å². The number of aryl methyl sites for hydroxylation is 2. The molecule has 10 nitrogen and oxygen atoms in total. The minimum atomic E-state index is -0.877.